The lowest BCUT2D eigenvalue weighted by Crippen LogP contribution is -2.08. The Morgan fingerprint density at radius 3 is 2.73 bits per heavy atom. The van der Waals surface area contributed by atoms with E-state index in [0.717, 1.165) is 24.0 Å². The summed E-state index contributed by atoms with van der Waals surface area (Å²) in [5.74, 6) is -0.600. The maximum absolute atomic E-state index is 13.6. The summed E-state index contributed by atoms with van der Waals surface area (Å²) in [5, 5.41) is 0.426. The normalized spacial score (nSPS) is 10.5. The number of alkyl halides is 1. The molecule has 0 aromatic heterocycles. The van der Waals surface area contributed by atoms with Gasteiger partial charge in [-0.25, -0.2) is 9.18 Å². The lowest BCUT2D eigenvalue weighted by atomic mass is 9.98. The maximum atomic E-state index is 13.6. The van der Waals surface area contributed by atoms with E-state index in [1.165, 1.54) is 6.07 Å². The molecule has 116 valence electrons. The third kappa shape index (κ3) is 3.95. The molecule has 0 fully saturated rings. The van der Waals surface area contributed by atoms with Gasteiger partial charge in [0.15, 0.2) is 0 Å². The third-order valence-electron chi connectivity index (χ3n) is 3.38. The highest BCUT2D eigenvalue weighted by Gasteiger charge is 2.14. The number of rotatable bonds is 6. The summed E-state index contributed by atoms with van der Waals surface area (Å²) < 4.78 is 18.9. The van der Waals surface area contributed by atoms with Crippen LogP contribution >= 0.6 is 15.9 Å². The number of halogens is 2. The molecule has 0 aliphatic heterocycles. The molecule has 22 heavy (non-hydrogen) atoms. The van der Waals surface area contributed by atoms with Crippen molar-refractivity contribution in [1.82, 2.24) is 0 Å². The molecule has 4 heteroatoms. The summed E-state index contributed by atoms with van der Waals surface area (Å²) in [5.41, 5.74) is 2.63. The average Bonchev–Trinajstić information content (AvgIpc) is 2.55. The maximum Gasteiger partial charge on any atom is 0.338 e. The summed E-state index contributed by atoms with van der Waals surface area (Å²) in [6, 6.07) is 12.1. The van der Waals surface area contributed by atoms with Crippen LogP contribution in [0.25, 0.3) is 11.1 Å². The van der Waals surface area contributed by atoms with Crippen LogP contribution in [0.2, 0.25) is 0 Å². The number of esters is 1. The zero-order valence-corrected chi connectivity index (χ0v) is 14.0. The predicted molar refractivity (Wildman–Crippen MR) is 89.7 cm³/mol. The van der Waals surface area contributed by atoms with E-state index in [1.807, 2.05) is 19.1 Å². The Kier molecular flexibility index (Phi) is 6.13. The minimum Gasteiger partial charge on any atom is -0.462 e. The number of carbonyl (C=O) groups excluding carboxylic acids is 1. The van der Waals surface area contributed by atoms with Gasteiger partial charge in [-0.15, -0.1) is 0 Å². The highest BCUT2D eigenvalue weighted by Crippen LogP contribution is 2.27. The number of ether oxygens (including phenoxy) is 1. The molecular weight excluding hydrogens is 347 g/mol. The molecule has 2 aromatic rings. The highest BCUT2D eigenvalue weighted by molar-refractivity contribution is 9.08. The monoisotopic (exact) mass is 364 g/mol. The second kappa shape index (κ2) is 8.08. The van der Waals surface area contributed by atoms with Crippen molar-refractivity contribution < 1.29 is 13.9 Å². The quantitative estimate of drug-likeness (QED) is 0.392. The number of unbranched alkanes of at least 4 members (excludes halogenated alkanes) is 1. The molecule has 0 unspecified atom stereocenters. The number of hydrogen-bond donors (Lipinski definition) is 0. The summed E-state index contributed by atoms with van der Waals surface area (Å²) in [7, 11) is 0. The van der Waals surface area contributed by atoms with Gasteiger partial charge >= 0.3 is 5.97 Å². The van der Waals surface area contributed by atoms with Crippen LogP contribution in [0, 0.1) is 5.82 Å². The zero-order valence-electron chi connectivity index (χ0n) is 12.4. The van der Waals surface area contributed by atoms with Crippen molar-refractivity contribution in [3.63, 3.8) is 0 Å². The van der Waals surface area contributed by atoms with Crippen molar-refractivity contribution in [2.75, 3.05) is 6.61 Å². The SMILES string of the molecule is CCCCOC(=O)c1ccccc1-c1ccc(F)c(CBr)c1. The molecule has 0 heterocycles. The summed E-state index contributed by atoms with van der Waals surface area (Å²) in [4.78, 5) is 12.2. The fourth-order valence-corrected chi connectivity index (χ4v) is 2.57. The molecule has 0 spiro atoms. The smallest absolute Gasteiger partial charge is 0.338 e. The van der Waals surface area contributed by atoms with Gasteiger partial charge in [0.1, 0.15) is 5.82 Å². The molecule has 0 aliphatic carbocycles. The van der Waals surface area contributed by atoms with Crippen LogP contribution in [-0.4, -0.2) is 12.6 Å². The first-order valence-electron chi connectivity index (χ1n) is 7.28. The number of carbonyl (C=O) groups is 1. The molecule has 0 atom stereocenters. The van der Waals surface area contributed by atoms with Gasteiger partial charge in [-0.05, 0) is 41.3 Å². The summed E-state index contributed by atoms with van der Waals surface area (Å²) in [6.07, 6.45) is 1.82. The van der Waals surface area contributed by atoms with Gasteiger partial charge in [0.25, 0.3) is 0 Å². The Balaban J connectivity index is 2.34. The van der Waals surface area contributed by atoms with Crippen molar-refractivity contribution in [2.24, 2.45) is 0 Å². The fourth-order valence-electron chi connectivity index (χ4n) is 2.14. The van der Waals surface area contributed by atoms with Crippen molar-refractivity contribution in [3.8, 4) is 11.1 Å². The Labute approximate surface area is 138 Å². The van der Waals surface area contributed by atoms with Gasteiger partial charge in [0, 0.05) is 5.33 Å². The molecular formula is C18H18BrFO2. The molecule has 2 rings (SSSR count). The van der Waals surface area contributed by atoms with Crippen LogP contribution < -0.4 is 0 Å². The minimum atomic E-state index is -0.339. The van der Waals surface area contributed by atoms with E-state index >= 15 is 0 Å². The van der Waals surface area contributed by atoms with E-state index in [0.29, 0.717) is 23.1 Å². The van der Waals surface area contributed by atoms with E-state index in [4.69, 9.17) is 4.74 Å². The summed E-state index contributed by atoms with van der Waals surface area (Å²) >= 11 is 3.27. The standard InChI is InChI=1S/C18H18BrFO2/c1-2-3-10-22-18(21)16-7-5-4-6-15(16)13-8-9-17(20)14(11-13)12-19/h4-9,11H,2-3,10,12H2,1H3. The highest BCUT2D eigenvalue weighted by atomic mass is 79.9. The van der Waals surface area contributed by atoms with Crippen LogP contribution in [0.15, 0.2) is 42.5 Å². The van der Waals surface area contributed by atoms with Crippen molar-refractivity contribution in [3.05, 3.63) is 59.4 Å². The zero-order chi connectivity index (χ0) is 15.9. The van der Waals surface area contributed by atoms with Crippen LogP contribution in [0.1, 0.15) is 35.7 Å². The summed E-state index contributed by atoms with van der Waals surface area (Å²) in [6.45, 7) is 2.46. The average molecular weight is 365 g/mol. The first-order chi connectivity index (χ1) is 10.7. The molecule has 0 aliphatic rings. The van der Waals surface area contributed by atoms with Gasteiger partial charge in [-0.2, -0.15) is 0 Å². The lowest BCUT2D eigenvalue weighted by molar-refractivity contribution is 0.0500. The first kappa shape index (κ1) is 16.7. The predicted octanol–water partition coefficient (Wildman–Crippen LogP) is 5.34. The van der Waals surface area contributed by atoms with Crippen molar-refractivity contribution in [2.45, 2.75) is 25.1 Å². The fraction of sp³-hybridized carbons (Fsp3) is 0.278. The van der Waals surface area contributed by atoms with Gasteiger partial charge in [-0.1, -0.05) is 53.5 Å². The third-order valence-corrected chi connectivity index (χ3v) is 3.98. The molecule has 0 amide bonds. The van der Waals surface area contributed by atoms with Gasteiger partial charge in [0.05, 0.1) is 12.2 Å². The van der Waals surface area contributed by atoms with E-state index in [9.17, 15) is 9.18 Å². The van der Waals surface area contributed by atoms with Crippen molar-refractivity contribution in [1.29, 1.82) is 0 Å². The molecule has 0 bridgehead atoms. The Morgan fingerprint density at radius 1 is 1.23 bits per heavy atom. The van der Waals surface area contributed by atoms with E-state index in [-0.39, 0.29) is 11.8 Å². The largest absolute Gasteiger partial charge is 0.462 e. The van der Waals surface area contributed by atoms with Crippen molar-refractivity contribution >= 4 is 21.9 Å². The van der Waals surface area contributed by atoms with Crippen LogP contribution in [-0.2, 0) is 10.1 Å². The second-order valence-electron chi connectivity index (χ2n) is 4.97. The van der Waals surface area contributed by atoms with E-state index < -0.39 is 0 Å². The first-order valence-corrected chi connectivity index (χ1v) is 8.40. The van der Waals surface area contributed by atoms with E-state index in [2.05, 4.69) is 15.9 Å². The minimum absolute atomic E-state index is 0.261. The van der Waals surface area contributed by atoms with E-state index in [1.54, 1.807) is 24.3 Å². The molecule has 2 nitrogen and oxygen atoms in total. The molecule has 0 N–H and O–H groups in total. The number of benzene rings is 2. The van der Waals surface area contributed by atoms with Crippen LogP contribution in [0.4, 0.5) is 4.39 Å². The Hall–Kier alpha value is -1.68. The van der Waals surface area contributed by atoms with Gasteiger partial charge in [-0.3, -0.25) is 0 Å². The van der Waals surface area contributed by atoms with Crippen LogP contribution in [0.3, 0.4) is 0 Å². The van der Waals surface area contributed by atoms with Crippen LogP contribution in [0.5, 0.6) is 0 Å². The van der Waals surface area contributed by atoms with Gasteiger partial charge < -0.3 is 4.74 Å². The molecule has 0 saturated carbocycles. The number of hydrogen-bond acceptors (Lipinski definition) is 2. The molecule has 0 radical (unpaired) electrons. The van der Waals surface area contributed by atoms with Gasteiger partial charge in [0.2, 0.25) is 0 Å². The topological polar surface area (TPSA) is 26.3 Å². The Morgan fingerprint density at radius 2 is 2.00 bits per heavy atom. The molecule has 0 saturated heterocycles. The lowest BCUT2D eigenvalue weighted by Gasteiger charge is -2.11. The second-order valence-corrected chi connectivity index (χ2v) is 5.54. The Bertz CT molecular complexity index is 655. The molecule has 2 aromatic carbocycles.